The summed E-state index contributed by atoms with van der Waals surface area (Å²) in [4.78, 5) is 26.1. The first-order valence-corrected chi connectivity index (χ1v) is 9.73. The number of hydrogen-bond acceptors (Lipinski definition) is 5. The predicted octanol–water partition coefficient (Wildman–Crippen LogP) is 4.79. The van der Waals surface area contributed by atoms with E-state index in [1.165, 1.54) is 11.3 Å². The number of nitrogens with zero attached hydrogens (tertiary/aromatic N) is 1. The number of anilines is 2. The third-order valence-corrected chi connectivity index (χ3v) is 5.39. The standard InChI is InChI=1S/C20H15ClN4O3S/c1-28-14-7-3-6-13(9-14)22-19(27)16-10-15-17(24-25-20(15)29-16)23-18(26)11-4-2-5-12(21)8-11/h2-10H,1H3,(H,22,27)(H2,23,24,25,26). The summed E-state index contributed by atoms with van der Waals surface area (Å²) in [5.74, 6) is 0.469. The number of benzene rings is 2. The topological polar surface area (TPSA) is 96.1 Å². The molecule has 4 rings (SSSR count). The quantitative estimate of drug-likeness (QED) is 0.427. The van der Waals surface area contributed by atoms with Crippen molar-refractivity contribution in [3.05, 3.63) is 70.1 Å². The van der Waals surface area contributed by atoms with Crippen molar-refractivity contribution in [3.63, 3.8) is 0 Å². The highest BCUT2D eigenvalue weighted by molar-refractivity contribution is 7.20. The van der Waals surface area contributed by atoms with Crippen LogP contribution in [0.1, 0.15) is 20.0 Å². The van der Waals surface area contributed by atoms with E-state index in [2.05, 4.69) is 20.8 Å². The summed E-state index contributed by atoms with van der Waals surface area (Å²) in [6, 6.07) is 15.4. The van der Waals surface area contributed by atoms with E-state index >= 15 is 0 Å². The van der Waals surface area contributed by atoms with Crippen molar-refractivity contribution >= 4 is 56.5 Å². The molecule has 29 heavy (non-hydrogen) atoms. The van der Waals surface area contributed by atoms with E-state index in [4.69, 9.17) is 16.3 Å². The van der Waals surface area contributed by atoms with Crippen molar-refractivity contribution in [1.82, 2.24) is 10.2 Å². The fourth-order valence-corrected chi connectivity index (χ4v) is 3.81. The first-order chi connectivity index (χ1) is 14.0. The number of aromatic amines is 1. The summed E-state index contributed by atoms with van der Waals surface area (Å²) in [6.45, 7) is 0. The van der Waals surface area contributed by atoms with Gasteiger partial charge in [-0.3, -0.25) is 14.7 Å². The van der Waals surface area contributed by atoms with Gasteiger partial charge >= 0.3 is 0 Å². The van der Waals surface area contributed by atoms with Crippen molar-refractivity contribution < 1.29 is 14.3 Å². The van der Waals surface area contributed by atoms with Crippen molar-refractivity contribution in [3.8, 4) is 5.75 Å². The van der Waals surface area contributed by atoms with Crippen LogP contribution in [-0.2, 0) is 0 Å². The predicted molar refractivity (Wildman–Crippen MR) is 114 cm³/mol. The van der Waals surface area contributed by atoms with Crippen LogP contribution in [0.2, 0.25) is 5.02 Å². The maximum atomic E-state index is 12.6. The van der Waals surface area contributed by atoms with Gasteiger partial charge in [0.15, 0.2) is 0 Å². The van der Waals surface area contributed by atoms with Gasteiger partial charge in [0.25, 0.3) is 11.8 Å². The molecule has 0 aliphatic rings. The zero-order valence-corrected chi connectivity index (χ0v) is 16.7. The number of nitrogens with one attached hydrogen (secondary N) is 3. The molecule has 0 radical (unpaired) electrons. The Morgan fingerprint density at radius 2 is 1.90 bits per heavy atom. The van der Waals surface area contributed by atoms with E-state index < -0.39 is 0 Å². The Balaban J connectivity index is 1.53. The molecule has 146 valence electrons. The second kappa shape index (κ2) is 7.94. The number of rotatable bonds is 5. The highest BCUT2D eigenvalue weighted by Crippen LogP contribution is 2.30. The van der Waals surface area contributed by atoms with Crippen LogP contribution >= 0.6 is 22.9 Å². The normalized spacial score (nSPS) is 10.7. The van der Waals surface area contributed by atoms with Crippen LogP contribution in [0.25, 0.3) is 10.2 Å². The van der Waals surface area contributed by atoms with E-state index in [0.717, 1.165) is 0 Å². The molecular formula is C20H15ClN4O3S. The highest BCUT2D eigenvalue weighted by Gasteiger charge is 2.17. The number of ether oxygens (including phenoxy) is 1. The molecule has 0 aliphatic heterocycles. The maximum Gasteiger partial charge on any atom is 0.265 e. The lowest BCUT2D eigenvalue weighted by molar-refractivity contribution is 0.102. The minimum absolute atomic E-state index is 0.270. The van der Waals surface area contributed by atoms with Crippen molar-refractivity contribution in [2.24, 2.45) is 0 Å². The number of H-pyrrole nitrogens is 1. The van der Waals surface area contributed by atoms with Crippen LogP contribution in [0, 0.1) is 0 Å². The molecule has 3 N–H and O–H groups in total. The number of hydrogen-bond donors (Lipinski definition) is 3. The van der Waals surface area contributed by atoms with Crippen molar-refractivity contribution in [2.45, 2.75) is 0 Å². The second-order valence-corrected chi connectivity index (χ2v) is 7.55. The molecule has 0 unspecified atom stereocenters. The van der Waals surface area contributed by atoms with Gasteiger partial charge in [-0.2, -0.15) is 5.10 Å². The fraction of sp³-hybridized carbons (Fsp3) is 0.0500. The third kappa shape index (κ3) is 4.08. The number of fused-ring (bicyclic) bond motifs is 1. The third-order valence-electron chi connectivity index (χ3n) is 4.13. The molecule has 0 aliphatic carbocycles. The molecule has 0 spiro atoms. The van der Waals surface area contributed by atoms with Crippen LogP contribution in [0.3, 0.4) is 0 Å². The number of thiophene rings is 1. The Labute approximate surface area is 174 Å². The lowest BCUT2D eigenvalue weighted by atomic mass is 10.2. The number of aromatic nitrogens is 2. The first kappa shape index (κ1) is 19.0. The number of halogens is 1. The van der Waals surface area contributed by atoms with Crippen LogP contribution < -0.4 is 15.4 Å². The lowest BCUT2D eigenvalue weighted by Gasteiger charge is -2.05. The second-order valence-electron chi connectivity index (χ2n) is 6.08. The Morgan fingerprint density at radius 3 is 2.69 bits per heavy atom. The highest BCUT2D eigenvalue weighted by atomic mass is 35.5. The number of carbonyl (C=O) groups excluding carboxylic acids is 2. The largest absolute Gasteiger partial charge is 0.497 e. The van der Waals surface area contributed by atoms with Gasteiger partial charge in [-0.15, -0.1) is 11.3 Å². The molecule has 0 bridgehead atoms. The Bertz CT molecular complexity index is 1220. The molecule has 4 aromatic rings. The van der Waals surface area contributed by atoms with E-state index in [-0.39, 0.29) is 11.8 Å². The Morgan fingerprint density at radius 1 is 1.07 bits per heavy atom. The van der Waals surface area contributed by atoms with Crippen LogP contribution in [0.4, 0.5) is 11.5 Å². The van der Waals surface area contributed by atoms with E-state index in [1.807, 2.05) is 0 Å². The summed E-state index contributed by atoms with van der Waals surface area (Å²) in [6.07, 6.45) is 0. The van der Waals surface area contributed by atoms with Gasteiger partial charge in [-0.1, -0.05) is 23.7 Å². The minimum Gasteiger partial charge on any atom is -0.497 e. The van der Waals surface area contributed by atoms with Crippen LogP contribution in [0.5, 0.6) is 5.75 Å². The summed E-state index contributed by atoms with van der Waals surface area (Å²) in [5.41, 5.74) is 1.04. The van der Waals surface area contributed by atoms with Crippen molar-refractivity contribution in [2.75, 3.05) is 17.7 Å². The molecule has 0 fully saturated rings. The van der Waals surface area contributed by atoms with Gasteiger partial charge in [0, 0.05) is 22.3 Å². The van der Waals surface area contributed by atoms with Gasteiger partial charge in [0.05, 0.1) is 17.4 Å². The summed E-state index contributed by atoms with van der Waals surface area (Å²) in [7, 11) is 1.56. The zero-order valence-electron chi connectivity index (χ0n) is 15.2. The van der Waals surface area contributed by atoms with Gasteiger partial charge in [-0.05, 0) is 36.4 Å². The first-order valence-electron chi connectivity index (χ1n) is 8.54. The zero-order chi connectivity index (χ0) is 20.4. The van der Waals surface area contributed by atoms with Gasteiger partial charge in [0.2, 0.25) is 0 Å². The number of methoxy groups -OCH3 is 1. The number of carbonyl (C=O) groups is 2. The van der Waals surface area contributed by atoms with Crippen LogP contribution in [0.15, 0.2) is 54.6 Å². The molecule has 2 aromatic carbocycles. The lowest BCUT2D eigenvalue weighted by Crippen LogP contribution is -2.12. The van der Waals surface area contributed by atoms with E-state index in [0.29, 0.717) is 42.9 Å². The average molecular weight is 427 g/mol. The van der Waals surface area contributed by atoms with Crippen molar-refractivity contribution in [1.29, 1.82) is 0 Å². The molecule has 7 nitrogen and oxygen atoms in total. The minimum atomic E-state index is -0.327. The average Bonchev–Trinajstić information content (AvgIpc) is 3.30. The van der Waals surface area contributed by atoms with Gasteiger partial charge in [-0.25, -0.2) is 0 Å². The molecule has 2 amide bonds. The smallest absolute Gasteiger partial charge is 0.265 e. The molecule has 9 heteroatoms. The molecule has 2 heterocycles. The monoisotopic (exact) mass is 426 g/mol. The van der Waals surface area contributed by atoms with Gasteiger partial charge < -0.3 is 15.4 Å². The van der Waals surface area contributed by atoms with E-state index in [9.17, 15) is 9.59 Å². The maximum absolute atomic E-state index is 12.6. The fourth-order valence-electron chi connectivity index (χ4n) is 2.73. The summed E-state index contributed by atoms with van der Waals surface area (Å²) < 4.78 is 5.16. The summed E-state index contributed by atoms with van der Waals surface area (Å²) in [5, 5.41) is 13.7. The Hall–Kier alpha value is -3.36. The number of amides is 2. The van der Waals surface area contributed by atoms with E-state index in [1.54, 1.807) is 61.7 Å². The SMILES string of the molecule is COc1cccc(NC(=O)c2cc3c(NC(=O)c4cccc(Cl)c4)[nH]nc3s2)c1. The van der Waals surface area contributed by atoms with Crippen LogP contribution in [-0.4, -0.2) is 29.1 Å². The molecule has 0 atom stereocenters. The molecular weight excluding hydrogens is 412 g/mol. The molecule has 0 saturated heterocycles. The summed E-state index contributed by atoms with van der Waals surface area (Å²) >= 11 is 7.16. The molecule has 0 saturated carbocycles. The molecule has 2 aromatic heterocycles. The van der Waals surface area contributed by atoms with Gasteiger partial charge in [0.1, 0.15) is 16.4 Å². The Kier molecular flexibility index (Phi) is 5.20.